The Morgan fingerprint density at radius 2 is 1.24 bits per heavy atom. The zero-order valence-electron chi connectivity index (χ0n) is 25.6. The molecule has 0 aliphatic carbocycles. The summed E-state index contributed by atoms with van der Waals surface area (Å²) in [6, 6.07) is 25.8. The van der Waals surface area contributed by atoms with E-state index in [1.807, 2.05) is 86.6 Å². The number of methoxy groups -OCH3 is 1. The zero-order valence-corrected chi connectivity index (χ0v) is 26.4. The maximum Gasteiger partial charge on any atom is 0.261 e. The Morgan fingerprint density at radius 1 is 0.783 bits per heavy atom. The van der Waals surface area contributed by atoms with Gasteiger partial charge in [-0.25, -0.2) is 0 Å². The zero-order chi connectivity index (χ0) is 33.3. The van der Waals surface area contributed by atoms with Crippen LogP contribution in [0.25, 0.3) is 22.6 Å². The molecule has 0 amide bonds. The van der Waals surface area contributed by atoms with Gasteiger partial charge in [0.05, 0.1) is 30.6 Å². The molecule has 3 heterocycles. The van der Waals surface area contributed by atoms with Gasteiger partial charge in [0.15, 0.2) is 0 Å². The number of aromatic nitrogens is 2. The molecule has 0 unspecified atom stereocenters. The van der Waals surface area contributed by atoms with Crippen LogP contribution in [0.1, 0.15) is 25.2 Å². The minimum atomic E-state index is -3.67. The molecule has 0 radical (unpaired) electrons. The predicted molar refractivity (Wildman–Crippen MR) is 179 cm³/mol. The van der Waals surface area contributed by atoms with Crippen molar-refractivity contribution in [2.24, 2.45) is 0 Å². The Kier molecular flexibility index (Phi) is 10.9. The van der Waals surface area contributed by atoms with E-state index in [2.05, 4.69) is 20.6 Å². The van der Waals surface area contributed by atoms with E-state index in [1.54, 1.807) is 31.6 Å². The summed E-state index contributed by atoms with van der Waals surface area (Å²) >= 11 is 0. The number of benzene rings is 2. The number of rotatable bonds is 9. The number of pyridine rings is 2. The number of nitrogens with zero attached hydrogens (tertiary/aromatic N) is 2. The quantitative estimate of drug-likeness (QED) is 0.0669. The van der Waals surface area contributed by atoms with E-state index in [4.69, 9.17) is 29.3 Å². The first-order valence-corrected chi connectivity index (χ1v) is 15.8. The molecule has 5 rings (SSSR count). The van der Waals surface area contributed by atoms with Crippen LogP contribution >= 0.6 is 0 Å². The van der Waals surface area contributed by atoms with Crippen LogP contribution in [0.2, 0.25) is 0 Å². The summed E-state index contributed by atoms with van der Waals surface area (Å²) < 4.78 is 44.0. The van der Waals surface area contributed by atoms with Crippen molar-refractivity contribution in [3.63, 3.8) is 0 Å². The standard InChI is InChI=1S/C32H30N6O3.CH4O3S/c1-20(2)40-30-19-22(38-32(34)26-9-5-7-17-36-26)11-13-24(30)28-15-14-27(41-28)23-12-10-21(18-29(23)39-3)37-31(33)25-8-4-6-16-35-25;1-5(2,3)4/h4-20H,1-3H3,(H2,33,37)(H2,34,38);1H3,(H,2,3,4). The van der Waals surface area contributed by atoms with Gasteiger partial charge in [0.25, 0.3) is 10.1 Å². The van der Waals surface area contributed by atoms with E-state index in [-0.39, 0.29) is 17.8 Å². The largest absolute Gasteiger partial charge is 0.496 e. The summed E-state index contributed by atoms with van der Waals surface area (Å²) in [5, 5.41) is 22.8. The number of anilines is 2. The van der Waals surface area contributed by atoms with Gasteiger partial charge < -0.3 is 24.5 Å². The third kappa shape index (κ3) is 9.48. The average molecular weight is 643 g/mol. The van der Waals surface area contributed by atoms with Crippen LogP contribution in [-0.2, 0) is 10.1 Å². The van der Waals surface area contributed by atoms with Crippen molar-refractivity contribution in [1.29, 1.82) is 10.8 Å². The van der Waals surface area contributed by atoms with E-state index in [0.717, 1.165) is 11.1 Å². The third-order valence-corrected chi connectivity index (χ3v) is 6.06. The highest BCUT2D eigenvalue weighted by Crippen LogP contribution is 2.39. The fourth-order valence-corrected chi connectivity index (χ4v) is 4.19. The first-order chi connectivity index (χ1) is 21.9. The Balaban J connectivity index is 0.000000892. The molecule has 0 bridgehead atoms. The monoisotopic (exact) mass is 642 g/mol. The summed E-state index contributed by atoms with van der Waals surface area (Å²) in [4.78, 5) is 8.44. The molecule has 0 atom stereocenters. The molecule has 2 aromatic carbocycles. The molecule has 0 aliphatic rings. The number of nitrogens with one attached hydrogen (secondary N) is 4. The fourth-order valence-electron chi connectivity index (χ4n) is 4.19. The lowest BCUT2D eigenvalue weighted by Crippen LogP contribution is -2.14. The van der Waals surface area contributed by atoms with E-state index in [1.165, 1.54) is 0 Å². The second kappa shape index (κ2) is 15.0. The molecular formula is C33H34N6O6S. The summed E-state index contributed by atoms with van der Waals surface area (Å²) in [6.45, 7) is 3.92. The van der Waals surface area contributed by atoms with Gasteiger partial charge in [0, 0.05) is 35.9 Å². The SMILES string of the molecule is COc1cc(NC(=N)c2ccccn2)ccc1-c1ccc(-c2ccc(NC(=N)c3ccccn3)cc2OC(C)C)o1.CS(=O)(=O)O. The number of hydrogen-bond acceptors (Lipinski definition) is 9. The minimum absolute atomic E-state index is 0.0707. The van der Waals surface area contributed by atoms with Crippen LogP contribution in [0.4, 0.5) is 11.4 Å². The minimum Gasteiger partial charge on any atom is -0.496 e. The second-order valence-electron chi connectivity index (χ2n) is 10.1. The number of amidine groups is 2. The van der Waals surface area contributed by atoms with Crippen molar-refractivity contribution in [2.75, 3.05) is 24.0 Å². The third-order valence-electron chi connectivity index (χ3n) is 6.06. The lowest BCUT2D eigenvalue weighted by Gasteiger charge is -2.16. The predicted octanol–water partition coefficient (Wildman–Crippen LogP) is 6.58. The number of hydrogen-bond donors (Lipinski definition) is 5. The molecule has 0 spiro atoms. The molecule has 12 nitrogen and oxygen atoms in total. The Hall–Kier alpha value is -5.53. The first-order valence-electron chi connectivity index (χ1n) is 14.0. The van der Waals surface area contributed by atoms with Gasteiger partial charge >= 0.3 is 0 Å². The van der Waals surface area contributed by atoms with Crippen molar-refractivity contribution in [1.82, 2.24) is 9.97 Å². The summed E-state index contributed by atoms with van der Waals surface area (Å²) in [5.41, 5.74) is 4.03. The van der Waals surface area contributed by atoms with E-state index in [9.17, 15) is 8.42 Å². The molecule has 5 aromatic rings. The van der Waals surface area contributed by atoms with Gasteiger partial charge in [-0.2, -0.15) is 8.42 Å². The highest BCUT2D eigenvalue weighted by atomic mass is 32.2. The van der Waals surface area contributed by atoms with Crippen molar-refractivity contribution in [2.45, 2.75) is 20.0 Å². The van der Waals surface area contributed by atoms with Gasteiger partial charge in [-0.15, -0.1) is 0 Å². The fraction of sp³-hybridized carbons (Fsp3) is 0.152. The normalized spacial score (nSPS) is 10.8. The van der Waals surface area contributed by atoms with Crippen LogP contribution < -0.4 is 20.1 Å². The molecule has 0 fully saturated rings. The summed E-state index contributed by atoms with van der Waals surface area (Å²) in [7, 11) is -2.07. The molecule has 238 valence electrons. The van der Waals surface area contributed by atoms with Crippen molar-refractivity contribution < 1.29 is 26.9 Å². The highest BCUT2D eigenvalue weighted by Gasteiger charge is 2.17. The van der Waals surface area contributed by atoms with Gasteiger partial charge in [-0.3, -0.25) is 25.3 Å². The molecular weight excluding hydrogens is 608 g/mol. The summed E-state index contributed by atoms with van der Waals surface area (Å²) in [6.07, 6.45) is 3.95. The molecule has 5 N–H and O–H groups in total. The van der Waals surface area contributed by atoms with E-state index < -0.39 is 10.1 Å². The van der Waals surface area contributed by atoms with Gasteiger partial charge in [0.1, 0.15) is 46.1 Å². The van der Waals surface area contributed by atoms with Crippen LogP contribution in [0, 0.1) is 10.8 Å². The van der Waals surface area contributed by atoms with Crippen LogP contribution in [0.15, 0.2) is 102 Å². The topological polar surface area (TPSA) is 184 Å². The summed E-state index contributed by atoms with van der Waals surface area (Å²) in [5.74, 6) is 2.84. The van der Waals surface area contributed by atoms with Crippen molar-refractivity contribution in [3.05, 3.63) is 109 Å². The molecule has 0 saturated heterocycles. The maximum absolute atomic E-state index is 9.19. The molecule has 0 saturated carbocycles. The van der Waals surface area contributed by atoms with E-state index in [0.29, 0.717) is 52.0 Å². The number of furan rings is 1. The highest BCUT2D eigenvalue weighted by molar-refractivity contribution is 7.85. The molecule has 46 heavy (non-hydrogen) atoms. The van der Waals surface area contributed by atoms with Crippen LogP contribution in [0.5, 0.6) is 11.5 Å². The Morgan fingerprint density at radius 3 is 1.65 bits per heavy atom. The molecule has 0 aliphatic heterocycles. The number of ether oxygens (including phenoxy) is 2. The average Bonchev–Trinajstić information content (AvgIpc) is 3.50. The molecule has 3 aromatic heterocycles. The smallest absolute Gasteiger partial charge is 0.261 e. The lowest BCUT2D eigenvalue weighted by atomic mass is 10.1. The van der Waals surface area contributed by atoms with Crippen LogP contribution in [-0.4, -0.2) is 54.1 Å². The second-order valence-corrected chi connectivity index (χ2v) is 11.6. The molecule has 13 heteroatoms. The van der Waals surface area contributed by atoms with Gasteiger partial charge in [-0.1, -0.05) is 12.1 Å². The maximum atomic E-state index is 9.19. The Labute approximate surface area is 267 Å². The van der Waals surface area contributed by atoms with Gasteiger partial charge in [-0.05, 0) is 74.5 Å². The van der Waals surface area contributed by atoms with Crippen LogP contribution in [0.3, 0.4) is 0 Å². The van der Waals surface area contributed by atoms with Crippen molar-refractivity contribution in [3.8, 4) is 34.1 Å². The van der Waals surface area contributed by atoms with Gasteiger partial charge in [0.2, 0.25) is 0 Å². The Bertz CT molecular complexity index is 1900. The van der Waals surface area contributed by atoms with Crippen molar-refractivity contribution >= 4 is 33.2 Å². The first kappa shape index (κ1) is 33.4. The van der Waals surface area contributed by atoms with E-state index >= 15 is 0 Å². The lowest BCUT2D eigenvalue weighted by molar-refractivity contribution is 0.243.